The molecule has 3 fully saturated rings. The lowest BCUT2D eigenvalue weighted by molar-refractivity contribution is 0.0345. The Kier molecular flexibility index (Phi) is 24.0. The first-order valence-corrected chi connectivity index (χ1v) is 33.7. The SMILES string of the molecule is C[Si](C)(C)CC[Si](C)(C)CCCOCC(O)CNCC1CCCO1.C[Si](C)(C)CC[Si](C)(C)CCCOCC1CO1.NCC1CCCO1. The van der Waals surface area contributed by atoms with E-state index < -0.39 is 38.4 Å². The first-order valence-electron chi connectivity index (χ1n) is 19.5. The molecule has 0 aliphatic carbocycles. The third-order valence-corrected chi connectivity index (χ3v) is 20.6. The van der Waals surface area contributed by atoms with Gasteiger partial charge in [-0.1, -0.05) is 102 Å². The van der Waals surface area contributed by atoms with Crippen LogP contribution >= 0.6 is 0 Å². The van der Waals surface area contributed by atoms with Crippen molar-refractivity contribution >= 4 is 32.3 Å². The lowest BCUT2D eigenvalue weighted by Gasteiger charge is -2.26. The summed E-state index contributed by atoms with van der Waals surface area (Å²) in [5, 5.41) is 13.2. The molecule has 0 aromatic heterocycles. The van der Waals surface area contributed by atoms with Crippen molar-refractivity contribution in [2.75, 3.05) is 65.9 Å². The van der Waals surface area contributed by atoms with Crippen molar-refractivity contribution in [3.05, 3.63) is 0 Å². The molecule has 0 amide bonds. The smallest absolute Gasteiger partial charge is 0.104 e. The highest BCUT2D eigenvalue weighted by Crippen LogP contribution is 2.25. The van der Waals surface area contributed by atoms with Crippen LogP contribution in [0.25, 0.3) is 0 Å². The highest BCUT2D eigenvalue weighted by atomic mass is 28.3. The molecular formula is C36H82N2O6Si4. The second-order valence-electron chi connectivity index (χ2n) is 18.6. The quantitative estimate of drug-likeness (QED) is 0.0559. The predicted molar refractivity (Wildman–Crippen MR) is 217 cm³/mol. The fraction of sp³-hybridized carbons (Fsp3) is 1.00. The molecule has 0 saturated carbocycles. The van der Waals surface area contributed by atoms with Crippen LogP contribution in [0.15, 0.2) is 0 Å². The number of epoxide rings is 1. The van der Waals surface area contributed by atoms with Crippen molar-refractivity contribution < 1.29 is 28.8 Å². The van der Waals surface area contributed by atoms with Crippen molar-refractivity contribution in [1.82, 2.24) is 5.32 Å². The van der Waals surface area contributed by atoms with Crippen molar-refractivity contribution in [1.29, 1.82) is 0 Å². The van der Waals surface area contributed by atoms with Gasteiger partial charge in [-0.2, -0.15) is 0 Å². The molecule has 0 aromatic carbocycles. The minimum atomic E-state index is -1.06. The molecule has 4 N–H and O–H groups in total. The summed E-state index contributed by atoms with van der Waals surface area (Å²) in [5.41, 5.74) is 5.31. The van der Waals surface area contributed by atoms with E-state index in [0.29, 0.717) is 38.0 Å². The molecule has 12 heteroatoms. The first-order chi connectivity index (χ1) is 22.4. The van der Waals surface area contributed by atoms with Gasteiger partial charge in [-0.15, -0.1) is 0 Å². The molecule has 3 saturated heterocycles. The zero-order valence-electron chi connectivity index (χ0n) is 33.4. The molecule has 3 aliphatic heterocycles. The lowest BCUT2D eigenvalue weighted by atomic mass is 10.2. The van der Waals surface area contributed by atoms with Gasteiger partial charge in [0.2, 0.25) is 0 Å². The summed E-state index contributed by atoms with van der Waals surface area (Å²) >= 11 is 0. The Labute approximate surface area is 301 Å². The maximum atomic E-state index is 9.94. The average molecular weight is 751 g/mol. The minimum absolute atomic E-state index is 0.335. The zero-order chi connectivity index (χ0) is 36.1. The largest absolute Gasteiger partial charge is 0.389 e. The predicted octanol–water partition coefficient (Wildman–Crippen LogP) is 7.53. The highest BCUT2D eigenvalue weighted by molar-refractivity contribution is 6.82. The van der Waals surface area contributed by atoms with Crippen molar-refractivity contribution in [2.24, 2.45) is 5.73 Å². The molecule has 3 aliphatic rings. The van der Waals surface area contributed by atoms with Crippen LogP contribution in [0, 0.1) is 0 Å². The number of ether oxygens (including phenoxy) is 5. The fourth-order valence-corrected chi connectivity index (χ4v) is 19.8. The van der Waals surface area contributed by atoms with Gasteiger partial charge in [-0.25, -0.2) is 0 Å². The van der Waals surface area contributed by atoms with Crippen LogP contribution in [0.1, 0.15) is 38.5 Å². The van der Waals surface area contributed by atoms with Gasteiger partial charge in [0.15, 0.2) is 0 Å². The van der Waals surface area contributed by atoms with Gasteiger partial charge in [-0.3, -0.25) is 0 Å². The van der Waals surface area contributed by atoms with Gasteiger partial charge in [0.05, 0.1) is 38.1 Å². The first kappa shape index (κ1) is 46.6. The summed E-state index contributed by atoms with van der Waals surface area (Å²) < 4.78 is 27.1. The highest BCUT2D eigenvalue weighted by Gasteiger charge is 2.26. The summed E-state index contributed by atoms with van der Waals surface area (Å²) in [6, 6.07) is 8.69. The van der Waals surface area contributed by atoms with Gasteiger partial charge in [0, 0.05) is 78.4 Å². The Morgan fingerprint density at radius 3 is 1.60 bits per heavy atom. The van der Waals surface area contributed by atoms with E-state index in [4.69, 9.17) is 29.4 Å². The van der Waals surface area contributed by atoms with Crippen molar-refractivity contribution in [2.45, 2.75) is 165 Å². The molecule has 8 nitrogen and oxygen atoms in total. The van der Waals surface area contributed by atoms with Crippen LogP contribution < -0.4 is 11.1 Å². The van der Waals surface area contributed by atoms with E-state index in [1.807, 2.05) is 0 Å². The van der Waals surface area contributed by atoms with Crippen LogP contribution in [-0.2, 0) is 23.7 Å². The van der Waals surface area contributed by atoms with Gasteiger partial charge in [0.25, 0.3) is 0 Å². The van der Waals surface area contributed by atoms with Crippen molar-refractivity contribution in [3.8, 4) is 0 Å². The maximum absolute atomic E-state index is 9.94. The second-order valence-corrected chi connectivity index (χ2v) is 40.5. The van der Waals surface area contributed by atoms with E-state index in [9.17, 15) is 5.11 Å². The molecule has 48 heavy (non-hydrogen) atoms. The Balaban J connectivity index is 0.000000413. The van der Waals surface area contributed by atoms with Crippen LogP contribution in [0.4, 0.5) is 0 Å². The Morgan fingerprint density at radius 1 is 0.688 bits per heavy atom. The van der Waals surface area contributed by atoms with E-state index in [1.165, 1.54) is 49.1 Å². The van der Waals surface area contributed by atoms with Gasteiger partial charge >= 0.3 is 0 Å². The van der Waals surface area contributed by atoms with E-state index in [1.54, 1.807) is 0 Å². The molecular weight excluding hydrogens is 669 g/mol. The van der Waals surface area contributed by atoms with E-state index in [2.05, 4.69) is 70.8 Å². The van der Waals surface area contributed by atoms with Crippen LogP contribution in [0.2, 0.25) is 102 Å². The Morgan fingerprint density at radius 2 is 1.19 bits per heavy atom. The molecule has 0 spiro atoms. The number of hydrogen-bond acceptors (Lipinski definition) is 8. The third-order valence-electron chi connectivity index (χ3n) is 9.47. The average Bonchev–Trinajstić information content (AvgIpc) is 3.40. The van der Waals surface area contributed by atoms with Crippen LogP contribution in [-0.4, -0.2) is 128 Å². The molecule has 3 rings (SSSR count). The minimum Gasteiger partial charge on any atom is -0.389 e. The number of nitrogens with one attached hydrogen (secondary N) is 1. The van der Waals surface area contributed by atoms with Gasteiger partial charge < -0.3 is 39.8 Å². The molecule has 4 unspecified atom stereocenters. The molecule has 0 radical (unpaired) electrons. The van der Waals surface area contributed by atoms with E-state index >= 15 is 0 Å². The van der Waals surface area contributed by atoms with Gasteiger partial charge in [0.1, 0.15) is 6.10 Å². The number of aliphatic hydroxyl groups excluding tert-OH is 1. The Bertz CT molecular complexity index is 781. The second kappa shape index (κ2) is 24.7. The lowest BCUT2D eigenvalue weighted by Crippen LogP contribution is -2.35. The topological polar surface area (TPSA) is 108 Å². The third kappa shape index (κ3) is 29.2. The Hall–Kier alpha value is 0.548. The van der Waals surface area contributed by atoms with Crippen LogP contribution in [0.5, 0.6) is 0 Å². The monoisotopic (exact) mass is 751 g/mol. The zero-order valence-corrected chi connectivity index (χ0v) is 37.4. The normalized spacial score (nSPS) is 22.1. The summed E-state index contributed by atoms with van der Waals surface area (Å²) in [5.74, 6) is 0. The molecule has 3 heterocycles. The van der Waals surface area contributed by atoms with Gasteiger partial charge in [-0.05, 0) is 38.5 Å². The molecule has 288 valence electrons. The molecule has 0 aromatic rings. The number of hydrogen-bond donors (Lipinski definition) is 3. The maximum Gasteiger partial charge on any atom is 0.104 e. The van der Waals surface area contributed by atoms with E-state index in [0.717, 1.165) is 71.9 Å². The van der Waals surface area contributed by atoms with Crippen LogP contribution in [0.3, 0.4) is 0 Å². The summed E-state index contributed by atoms with van der Waals surface area (Å²) in [6.07, 6.45) is 7.76. The summed E-state index contributed by atoms with van der Waals surface area (Å²) in [7, 11) is -3.76. The molecule has 4 atom stereocenters. The summed E-state index contributed by atoms with van der Waals surface area (Å²) in [6.45, 7) is 32.8. The van der Waals surface area contributed by atoms with E-state index in [-0.39, 0.29) is 0 Å². The number of nitrogens with two attached hydrogens (primary N) is 1. The fourth-order valence-electron chi connectivity index (χ4n) is 5.69. The summed E-state index contributed by atoms with van der Waals surface area (Å²) in [4.78, 5) is 0. The molecule has 0 bridgehead atoms. The number of aliphatic hydroxyl groups is 1. The van der Waals surface area contributed by atoms with Crippen molar-refractivity contribution in [3.63, 3.8) is 0 Å². The number of rotatable bonds is 23. The standard InChI is InChI=1S/C18H41NO3Si2.C13H30O2Si2.C5H11NO/c1-23(2,3)12-13-24(4,5)11-7-9-21-16-17(20)14-19-15-18-8-6-10-22-18;1-16(2,3)9-10-17(4,5)8-6-7-14-11-13-12-15-13;6-4-5-2-1-3-7-5/h17-20H,6-16H2,1-5H3;13H,6-12H2,1-5H3;5H,1-4,6H2.